The van der Waals surface area contributed by atoms with E-state index in [0.717, 1.165) is 0 Å². The number of amides is 1. The Balaban J connectivity index is 3.85. The van der Waals surface area contributed by atoms with Gasteiger partial charge in [-0.3, -0.25) is 4.79 Å². The van der Waals surface area contributed by atoms with Crippen molar-refractivity contribution in [1.29, 1.82) is 0 Å². The molecule has 0 radical (unpaired) electrons. The second kappa shape index (κ2) is 6.17. The van der Waals surface area contributed by atoms with E-state index in [4.69, 9.17) is 6.42 Å². The summed E-state index contributed by atoms with van der Waals surface area (Å²) in [6.07, 6.45) is 8.74. The van der Waals surface area contributed by atoms with Gasteiger partial charge in [0.1, 0.15) is 0 Å². The fourth-order valence-corrected chi connectivity index (χ4v) is 0.552. The molecule has 0 rings (SSSR count). The minimum absolute atomic E-state index is 0.0916. The highest BCUT2D eigenvalue weighted by molar-refractivity contribution is 5.78. The van der Waals surface area contributed by atoms with Crippen molar-refractivity contribution < 1.29 is 4.79 Å². The molecule has 0 N–H and O–H groups in total. The lowest BCUT2D eigenvalue weighted by Crippen LogP contribution is -2.20. The molecule has 0 aliphatic carbocycles. The van der Waals surface area contributed by atoms with E-state index in [0.29, 0.717) is 12.8 Å². The van der Waals surface area contributed by atoms with E-state index in [-0.39, 0.29) is 5.91 Å². The quantitative estimate of drug-likeness (QED) is 0.347. The van der Waals surface area contributed by atoms with Crippen molar-refractivity contribution in [3.63, 3.8) is 0 Å². The number of allylic oxidation sites excluding steroid dienone is 1. The van der Waals surface area contributed by atoms with Gasteiger partial charge in [0.05, 0.1) is 0 Å². The normalized spacial score (nSPS) is 9.33. The van der Waals surface area contributed by atoms with Crippen LogP contribution in [0, 0.1) is 12.3 Å². The van der Waals surface area contributed by atoms with Gasteiger partial charge in [0.25, 0.3) is 0 Å². The third kappa shape index (κ3) is 4.29. The first kappa shape index (κ1) is 10.4. The Kier molecular flexibility index (Phi) is 5.37. The van der Waals surface area contributed by atoms with Crippen LogP contribution in [0.1, 0.15) is 12.8 Å². The smallest absolute Gasteiger partial charge is 0.243 e. The Morgan fingerprint density at radius 1 is 1.83 bits per heavy atom. The molecule has 0 heterocycles. The summed E-state index contributed by atoms with van der Waals surface area (Å²) >= 11 is 0. The van der Waals surface area contributed by atoms with Crippen molar-refractivity contribution in [2.45, 2.75) is 12.8 Å². The molecule has 0 fully saturated rings. The number of hydrazone groups is 1. The van der Waals surface area contributed by atoms with Gasteiger partial charge < -0.3 is 0 Å². The lowest BCUT2D eigenvalue weighted by molar-refractivity contribution is -0.129. The number of hydrogen-bond acceptors (Lipinski definition) is 2. The van der Waals surface area contributed by atoms with E-state index in [1.54, 1.807) is 7.05 Å². The Hall–Kier alpha value is -1.56. The zero-order valence-corrected chi connectivity index (χ0v) is 7.16. The minimum Gasteiger partial charge on any atom is -0.273 e. The highest BCUT2D eigenvalue weighted by Crippen LogP contribution is 1.94. The van der Waals surface area contributed by atoms with Crippen molar-refractivity contribution in [1.82, 2.24) is 5.01 Å². The van der Waals surface area contributed by atoms with E-state index < -0.39 is 0 Å². The van der Waals surface area contributed by atoms with Crippen LogP contribution in [0.25, 0.3) is 0 Å². The number of carbonyl (C=O) groups excluding carboxylic acids is 1. The predicted octanol–water partition coefficient (Wildman–Crippen LogP) is 1.03. The highest BCUT2D eigenvalue weighted by atomic mass is 16.2. The molecule has 64 valence electrons. The molecule has 3 heteroatoms. The molecule has 12 heavy (non-hydrogen) atoms. The Bertz CT molecular complexity index is 225. The maximum atomic E-state index is 11.1. The van der Waals surface area contributed by atoms with Crippen molar-refractivity contribution in [2.24, 2.45) is 5.10 Å². The summed E-state index contributed by atoms with van der Waals surface area (Å²) in [5.41, 5.74) is 0. The van der Waals surface area contributed by atoms with Crippen LogP contribution in [0.2, 0.25) is 0 Å². The summed E-state index contributed by atoms with van der Waals surface area (Å²) in [5, 5.41) is 5.02. The molecule has 0 unspecified atom stereocenters. The van der Waals surface area contributed by atoms with Crippen LogP contribution in [0.4, 0.5) is 0 Å². The molecule has 0 spiro atoms. The first-order valence-electron chi connectivity index (χ1n) is 3.57. The first-order valence-corrected chi connectivity index (χ1v) is 3.57. The van der Waals surface area contributed by atoms with Gasteiger partial charge in [0, 0.05) is 26.1 Å². The van der Waals surface area contributed by atoms with Crippen molar-refractivity contribution >= 4 is 12.1 Å². The zero-order chi connectivity index (χ0) is 9.40. The fraction of sp³-hybridized carbons (Fsp3) is 0.333. The van der Waals surface area contributed by atoms with Crippen molar-refractivity contribution in [2.75, 3.05) is 7.05 Å². The molecule has 0 saturated heterocycles. The summed E-state index contributed by atoms with van der Waals surface area (Å²) < 4.78 is 0. The summed E-state index contributed by atoms with van der Waals surface area (Å²) in [5.74, 6) is 2.30. The average molecular weight is 164 g/mol. The average Bonchev–Trinajstić information content (AvgIpc) is 2.10. The van der Waals surface area contributed by atoms with Gasteiger partial charge in [-0.25, -0.2) is 5.01 Å². The Morgan fingerprint density at radius 2 is 2.50 bits per heavy atom. The number of terminal acetylenes is 1. The number of nitrogens with zero attached hydrogens (tertiary/aromatic N) is 2. The Labute approximate surface area is 72.8 Å². The van der Waals surface area contributed by atoms with Gasteiger partial charge in [-0.1, -0.05) is 6.58 Å². The van der Waals surface area contributed by atoms with E-state index in [9.17, 15) is 4.79 Å². The third-order valence-electron chi connectivity index (χ3n) is 1.19. The summed E-state index contributed by atoms with van der Waals surface area (Å²) in [6, 6.07) is 0. The molecule has 0 atom stereocenters. The van der Waals surface area contributed by atoms with Gasteiger partial charge in [0.15, 0.2) is 0 Å². The highest BCUT2D eigenvalue weighted by Gasteiger charge is 2.03. The van der Waals surface area contributed by atoms with E-state index in [2.05, 4.69) is 17.6 Å². The molecular formula is C9H12N2O. The van der Waals surface area contributed by atoms with Crippen molar-refractivity contribution in [3.8, 4) is 12.3 Å². The van der Waals surface area contributed by atoms with Crippen LogP contribution in [0.3, 0.4) is 0 Å². The zero-order valence-electron chi connectivity index (χ0n) is 7.16. The molecule has 0 aromatic rings. The van der Waals surface area contributed by atoms with Crippen molar-refractivity contribution in [3.05, 3.63) is 12.7 Å². The van der Waals surface area contributed by atoms with Gasteiger partial charge in [-0.05, 0) is 6.08 Å². The molecule has 3 nitrogen and oxygen atoms in total. The SMILES string of the molecule is C#CCCC(=O)N(C)N=CC=C. The molecule has 0 saturated carbocycles. The largest absolute Gasteiger partial charge is 0.273 e. The van der Waals surface area contributed by atoms with Crippen LogP contribution in [0.15, 0.2) is 17.8 Å². The monoisotopic (exact) mass is 164 g/mol. The lowest BCUT2D eigenvalue weighted by Gasteiger charge is -2.08. The van der Waals surface area contributed by atoms with Crippen LogP contribution < -0.4 is 0 Å². The molecule has 0 aliphatic heterocycles. The minimum atomic E-state index is -0.0916. The maximum Gasteiger partial charge on any atom is 0.243 e. The van der Waals surface area contributed by atoms with Crippen LogP contribution in [0.5, 0.6) is 0 Å². The van der Waals surface area contributed by atoms with Crippen LogP contribution in [-0.2, 0) is 4.79 Å². The first-order chi connectivity index (χ1) is 5.72. The Morgan fingerprint density at radius 3 is 3.00 bits per heavy atom. The summed E-state index contributed by atoms with van der Waals surface area (Å²) in [7, 11) is 1.58. The maximum absolute atomic E-state index is 11.1. The van der Waals surface area contributed by atoms with E-state index in [1.165, 1.54) is 17.3 Å². The predicted molar refractivity (Wildman–Crippen MR) is 49.5 cm³/mol. The summed E-state index contributed by atoms with van der Waals surface area (Å²) in [6.45, 7) is 3.43. The molecular weight excluding hydrogens is 152 g/mol. The van der Waals surface area contributed by atoms with E-state index >= 15 is 0 Å². The van der Waals surface area contributed by atoms with Gasteiger partial charge in [0.2, 0.25) is 5.91 Å². The molecule has 1 amide bonds. The van der Waals surface area contributed by atoms with Gasteiger partial charge >= 0.3 is 0 Å². The third-order valence-corrected chi connectivity index (χ3v) is 1.19. The number of hydrogen-bond donors (Lipinski definition) is 0. The van der Waals surface area contributed by atoms with Crippen LogP contribution in [-0.4, -0.2) is 24.2 Å². The fourth-order valence-electron chi connectivity index (χ4n) is 0.552. The molecule has 0 aromatic heterocycles. The summed E-state index contributed by atoms with van der Waals surface area (Å²) in [4.78, 5) is 11.1. The molecule has 0 aromatic carbocycles. The second-order valence-corrected chi connectivity index (χ2v) is 2.12. The van der Waals surface area contributed by atoms with Crippen LogP contribution >= 0.6 is 0 Å². The lowest BCUT2D eigenvalue weighted by atomic mass is 10.3. The standard InChI is InChI=1S/C9H12N2O/c1-4-6-7-9(12)11(3)10-8-5-2/h1,5,8H,2,6-7H2,3H3. The number of carbonyl (C=O) groups is 1. The van der Waals surface area contributed by atoms with Gasteiger partial charge in [-0.15, -0.1) is 12.3 Å². The van der Waals surface area contributed by atoms with E-state index in [1.807, 2.05) is 0 Å². The molecule has 0 aliphatic rings. The molecule has 0 bridgehead atoms. The second-order valence-electron chi connectivity index (χ2n) is 2.12. The number of rotatable bonds is 4. The topological polar surface area (TPSA) is 32.7 Å². The van der Waals surface area contributed by atoms with Gasteiger partial charge in [-0.2, -0.15) is 5.10 Å².